The lowest BCUT2D eigenvalue weighted by Crippen LogP contribution is -2.48. The third-order valence-electron chi connectivity index (χ3n) is 2.71. The molecule has 0 aromatic carbocycles. The molecule has 0 radical (unpaired) electrons. The maximum absolute atomic E-state index is 11.3. The van der Waals surface area contributed by atoms with Crippen LogP contribution in [0.1, 0.15) is 19.3 Å². The Morgan fingerprint density at radius 1 is 1.41 bits per heavy atom. The van der Waals surface area contributed by atoms with Crippen molar-refractivity contribution in [3.05, 3.63) is 12.2 Å². The molecule has 0 fully saturated rings. The second-order valence-corrected chi connectivity index (χ2v) is 4.08. The summed E-state index contributed by atoms with van der Waals surface area (Å²) in [5, 5.41) is 22.2. The van der Waals surface area contributed by atoms with Gasteiger partial charge in [0, 0.05) is 6.54 Å². The molecule has 2 atom stereocenters. The number of rotatable bonds is 5. The molecule has 4 N–H and O–H groups in total. The molecule has 0 aliphatic heterocycles. The third kappa shape index (κ3) is 4.86. The summed E-state index contributed by atoms with van der Waals surface area (Å²) in [5.41, 5.74) is 0. The number of aliphatic hydroxyl groups is 1. The molecule has 0 bridgehead atoms. The number of amides is 2. The minimum Gasteiger partial charge on any atom is -0.480 e. The standard InChI is InChI=1S/C11H18N2O4/c14-7-9(10(15)16)13-11(17)12-6-8-4-2-1-3-5-8/h1-2,8-9,14H,3-7H2,(H,15,16)(H2,12,13,17). The quantitative estimate of drug-likeness (QED) is 0.513. The summed E-state index contributed by atoms with van der Waals surface area (Å²) in [7, 11) is 0. The SMILES string of the molecule is O=C(NCC1CC=CCC1)NC(CO)C(=O)O. The van der Waals surface area contributed by atoms with Gasteiger partial charge in [-0.25, -0.2) is 9.59 Å². The van der Waals surface area contributed by atoms with Crippen molar-refractivity contribution in [1.82, 2.24) is 10.6 Å². The maximum atomic E-state index is 11.3. The molecule has 2 amide bonds. The van der Waals surface area contributed by atoms with Crippen LogP contribution in [0, 0.1) is 5.92 Å². The summed E-state index contributed by atoms with van der Waals surface area (Å²) < 4.78 is 0. The van der Waals surface area contributed by atoms with E-state index in [1.807, 2.05) is 0 Å². The molecule has 0 saturated carbocycles. The molecule has 0 aromatic heterocycles. The molecule has 1 aliphatic rings. The monoisotopic (exact) mass is 242 g/mol. The Morgan fingerprint density at radius 2 is 2.18 bits per heavy atom. The molecule has 0 aromatic rings. The van der Waals surface area contributed by atoms with E-state index in [-0.39, 0.29) is 0 Å². The summed E-state index contributed by atoms with van der Waals surface area (Å²) in [6, 6.07) is -1.80. The molecule has 1 aliphatic carbocycles. The number of carbonyl (C=O) groups excluding carboxylic acids is 1. The Kier molecular flexibility index (Phi) is 5.48. The number of hydrogen-bond donors (Lipinski definition) is 4. The number of nitrogens with one attached hydrogen (secondary N) is 2. The molecule has 1 rings (SSSR count). The van der Waals surface area contributed by atoms with Crippen LogP contribution < -0.4 is 10.6 Å². The highest BCUT2D eigenvalue weighted by Gasteiger charge is 2.19. The normalized spacial score (nSPS) is 20.6. The minimum atomic E-state index is -1.25. The van der Waals surface area contributed by atoms with Gasteiger partial charge in [-0.15, -0.1) is 0 Å². The molecular weight excluding hydrogens is 224 g/mol. The van der Waals surface area contributed by atoms with Gasteiger partial charge < -0.3 is 20.8 Å². The largest absolute Gasteiger partial charge is 0.480 e. The fourth-order valence-electron chi connectivity index (χ4n) is 1.67. The smallest absolute Gasteiger partial charge is 0.328 e. The van der Waals surface area contributed by atoms with Crippen LogP contribution >= 0.6 is 0 Å². The van der Waals surface area contributed by atoms with Crippen molar-refractivity contribution >= 4 is 12.0 Å². The fourth-order valence-corrected chi connectivity index (χ4v) is 1.67. The van der Waals surface area contributed by atoms with Crippen LogP contribution in [0.5, 0.6) is 0 Å². The number of aliphatic hydroxyl groups excluding tert-OH is 1. The Bertz CT molecular complexity index is 304. The van der Waals surface area contributed by atoms with Crippen molar-refractivity contribution in [2.24, 2.45) is 5.92 Å². The van der Waals surface area contributed by atoms with E-state index in [1.165, 1.54) is 0 Å². The fraction of sp³-hybridized carbons (Fsp3) is 0.636. The molecule has 6 heteroatoms. The van der Waals surface area contributed by atoms with Crippen molar-refractivity contribution in [2.75, 3.05) is 13.2 Å². The number of carboxylic acids is 1. The average Bonchev–Trinajstić information content (AvgIpc) is 2.34. The first-order valence-electron chi connectivity index (χ1n) is 5.66. The van der Waals surface area contributed by atoms with Crippen LogP contribution in [0.25, 0.3) is 0 Å². The van der Waals surface area contributed by atoms with Gasteiger partial charge in [0.1, 0.15) is 0 Å². The van der Waals surface area contributed by atoms with Gasteiger partial charge in [-0.1, -0.05) is 12.2 Å². The first kappa shape index (κ1) is 13.5. The first-order chi connectivity index (χ1) is 8.13. The second-order valence-electron chi connectivity index (χ2n) is 4.08. The van der Waals surface area contributed by atoms with Crippen LogP contribution in [0.3, 0.4) is 0 Å². The average molecular weight is 242 g/mol. The third-order valence-corrected chi connectivity index (χ3v) is 2.71. The van der Waals surface area contributed by atoms with E-state index in [0.717, 1.165) is 19.3 Å². The number of carbonyl (C=O) groups is 2. The topological polar surface area (TPSA) is 98.7 Å². The molecule has 2 unspecified atom stereocenters. The Balaban J connectivity index is 2.24. The second kappa shape index (κ2) is 6.90. The van der Waals surface area contributed by atoms with Gasteiger partial charge in [0.25, 0.3) is 0 Å². The van der Waals surface area contributed by atoms with E-state index < -0.39 is 24.6 Å². The summed E-state index contributed by atoms with van der Waals surface area (Å²) in [4.78, 5) is 21.9. The van der Waals surface area contributed by atoms with E-state index in [9.17, 15) is 9.59 Å². The Morgan fingerprint density at radius 3 is 2.71 bits per heavy atom. The predicted molar refractivity (Wildman–Crippen MR) is 61.5 cm³/mol. The van der Waals surface area contributed by atoms with E-state index in [1.54, 1.807) is 0 Å². The minimum absolute atomic E-state index is 0.406. The highest BCUT2D eigenvalue weighted by Crippen LogP contribution is 2.16. The summed E-state index contributed by atoms with van der Waals surface area (Å²) in [5.74, 6) is -0.841. The number of urea groups is 1. The number of allylic oxidation sites excluding steroid dienone is 2. The lowest BCUT2D eigenvalue weighted by molar-refractivity contribution is -0.140. The summed E-state index contributed by atoms with van der Waals surface area (Å²) in [6.07, 6.45) is 7.18. The zero-order valence-electron chi connectivity index (χ0n) is 9.56. The number of carboxylic acid groups (broad SMARTS) is 1. The van der Waals surface area contributed by atoms with Gasteiger partial charge in [-0.05, 0) is 25.2 Å². The van der Waals surface area contributed by atoms with Gasteiger partial charge in [0.05, 0.1) is 6.61 Å². The zero-order valence-corrected chi connectivity index (χ0v) is 9.56. The van der Waals surface area contributed by atoms with Crippen LogP contribution in [0.4, 0.5) is 4.79 Å². The highest BCUT2D eigenvalue weighted by atomic mass is 16.4. The Hall–Kier alpha value is -1.56. The van der Waals surface area contributed by atoms with Gasteiger partial charge in [-0.3, -0.25) is 0 Å². The van der Waals surface area contributed by atoms with Gasteiger partial charge in [0.15, 0.2) is 6.04 Å². The molecule has 6 nitrogen and oxygen atoms in total. The lowest BCUT2D eigenvalue weighted by atomic mass is 9.94. The molecule has 0 spiro atoms. The van der Waals surface area contributed by atoms with E-state index in [4.69, 9.17) is 10.2 Å². The predicted octanol–water partition coefficient (Wildman–Crippen LogP) is 0.0874. The molecule has 96 valence electrons. The van der Waals surface area contributed by atoms with Crippen LogP contribution in [0.15, 0.2) is 12.2 Å². The van der Waals surface area contributed by atoms with E-state index >= 15 is 0 Å². The molecule has 17 heavy (non-hydrogen) atoms. The van der Waals surface area contributed by atoms with E-state index in [0.29, 0.717) is 12.5 Å². The van der Waals surface area contributed by atoms with Crippen LogP contribution in [-0.2, 0) is 4.79 Å². The van der Waals surface area contributed by atoms with Crippen molar-refractivity contribution in [1.29, 1.82) is 0 Å². The summed E-state index contributed by atoms with van der Waals surface area (Å²) in [6.45, 7) is -0.0944. The zero-order chi connectivity index (χ0) is 12.7. The Labute approximate surface area is 99.7 Å². The van der Waals surface area contributed by atoms with Crippen molar-refractivity contribution in [3.63, 3.8) is 0 Å². The maximum Gasteiger partial charge on any atom is 0.328 e. The number of aliphatic carboxylic acids is 1. The van der Waals surface area contributed by atoms with Crippen molar-refractivity contribution in [2.45, 2.75) is 25.3 Å². The van der Waals surface area contributed by atoms with Gasteiger partial charge in [0.2, 0.25) is 0 Å². The van der Waals surface area contributed by atoms with E-state index in [2.05, 4.69) is 22.8 Å². The van der Waals surface area contributed by atoms with Gasteiger partial charge >= 0.3 is 12.0 Å². The van der Waals surface area contributed by atoms with Crippen molar-refractivity contribution in [3.8, 4) is 0 Å². The first-order valence-corrected chi connectivity index (χ1v) is 5.66. The van der Waals surface area contributed by atoms with Crippen LogP contribution in [0.2, 0.25) is 0 Å². The molecular formula is C11H18N2O4. The lowest BCUT2D eigenvalue weighted by Gasteiger charge is -2.19. The molecule has 0 saturated heterocycles. The van der Waals surface area contributed by atoms with Crippen molar-refractivity contribution < 1.29 is 19.8 Å². The van der Waals surface area contributed by atoms with Crippen LogP contribution in [-0.4, -0.2) is 41.4 Å². The molecule has 0 heterocycles. The summed E-state index contributed by atoms with van der Waals surface area (Å²) >= 11 is 0. The highest BCUT2D eigenvalue weighted by molar-refractivity contribution is 5.82. The van der Waals surface area contributed by atoms with Gasteiger partial charge in [-0.2, -0.15) is 0 Å². The number of hydrogen-bond acceptors (Lipinski definition) is 3.